The van der Waals surface area contributed by atoms with E-state index >= 15 is 0 Å². The maximum Gasteiger partial charge on any atom is 0.108 e. The normalized spacial score (nSPS) is 25.6. The first kappa shape index (κ1) is 14.8. The van der Waals surface area contributed by atoms with Crippen molar-refractivity contribution < 1.29 is 15.3 Å². The van der Waals surface area contributed by atoms with Crippen LogP contribution in [0.3, 0.4) is 0 Å². The Balaban J connectivity index is 2.42. The molecule has 0 aromatic heterocycles. The molecule has 1 aliphatic rings. The van der Waals surface area contributed by atoms with Crippen LogP contribution in [0.1, 0.15) is 25.7 Å². The van der Waals surface area contributed by atoms with E-state index in [-0.39, 0.29) is 19.8 Å². The molecule has 1 fully saturated rings. The molecule has 0 aromatic rings. The molecule has 5 N–H and O–H groups in total. The Morgan fingerprint density at radius 3 is 2.41 bits per heavy atom. The highest BCUT2D eigenvalue weighted by molar-refractivity contribution is 4.91. The number of hydrogen-bond acceptors (Lipinski definition) is 6. The standard InChI is InChI=1S/C11H25N3O3/c15-8-2-5-12-11(10-17)4-1-7-14(11)13-6-3-9-16/h12-13,15-17H,1-10H2/t11-/m1/s1. The fraction of sp³-hybridized carbons (Fsp3) is 1.00. The van der Waals surface area contributed by atoms with Crippen LogP contribution < -0.4 is 10.7 Å². The second-order valence-corrected chi connectivity index (χ2v) is 4.43. The molecule has 6 nitrogen and oxygen atoms in total. The molecule has 102 valence electrons. The van der Waals surface area contributed by atoms with Gasteiger partial charge in [-0.05, 0) is 32.2 Å². The molecule has 0 amide bonds. The minimum Gasteiger partial charge on any atom is -0.396 e. The maximum atomic E-state index is 9.59. The fourth-order valence-corrected chi connectivity index (χ4v) is 2.21. The minimum absolute atomic E-state index is 0.0462. The van der Waals surface area contributed by atoms with Crippen LogP contribution in [0.15, 0.2) is 0 Å². The van der Waals surface area contributed by atoms with Crippen LogP contribution in [0.4, 0.5) is 0 Å². The van der Waals surface area contributed by atoms with Crippen LogP contribution in [-0.4, -0.2) is 65.4 Å². The first-order valence-corrected chi connectivity index (χ1v) is 6.38. The Bertz CT molecular complexity index is 206. The van der Waals surface area contributed by atoms with Gasteiger partial charge in [0, 0.05) is 26.3 Å². The van der Waals surface area contributed by atoms with Crippen LogP contribution in [0.2, 0.25) is 0 Å². The summed E-state index contributed by atoms with van der Waals surface area (Å²) in [6.45, 7) is 2.66. The molecule has 1 atom stereocenters. The van der Waals surface area contributed by atoms with E-state index in [1.165, 1.54) is 0 Å². The van der Waals surface area contributed by atoms with E-state index in [1.807, 2.05) is 5.01 Å². The zero-order valence-corrected chi connectivity index (χ0v) is 10.4. The van der Waals surface area contributed by atoms with Crippen molar-refractivity contribution >= 4 is 0 Å². The number of nitrogens with one attached hydrogen (secondary N) is 2. The summed E-state index contributed by atoms with van der Waals surface area (Å²) in [5, 5.41) is 32.5. The number of nitrogens with zero attached hydrogens (tertiary/aromatic N) is 1. The molecule has 1 aliphatic heterocycles. The summed E-state index contributed by atoms with van der Waals surface area (Å²) in [5.74, 6) is 0. The molecule has 0 aliphatic carbocycles. The second kappa shape index (κ2) is 7.97. The van der Waals surface area contributed by atoms with E-state index in [1.54, 1.807) is 0 Å². The van der Waals surface area contributed by atoms with E-state index in [4.69, 9.17) is 10.2 Å². The third-order valence-corrected chi connectivity index (χ3v) is 3.18. The number of hydrazine groups is 1. The lowest BCUT2D eigenvalue weighted by atomic mass is 10.1. The first-order valence-electron chi connectivity index (χ1n) is 6.38. The molecule has 6 heteroatoms. The lowest BCUT2D eigenvalue weighted by molar-refractivity contribution is -0.00253. The zero-order chi connectivity index (χ0) is 12.6. The SMILES string of the molecule is OCCCNN1CCC[C@@]1(CO)NCCCO. The van der Waals surface area contributed by atoms with E-state index < -0.39 is 5.66 Å². The van der Waals surface area contributed by atoms with Gasteiger partial charge in [-0.3, -0.25) is 10.7 Å². The molecule has 0 aromatic carbocycles. The largest absolute Gasteiger partial charge is 0.396 e. The number of aliphatic hydroxyl groups excluding tert-OH is 3. The van der Waals surface area contributed by atoms with Gasteiger partial charge in [-0.2, -0.15) is 0 Å². The molecular weight excluding hydrogens is 222 g/mol. The second-order valence-electron chi connectivity index (χ2n) is 4.43. The van der Waals surface area contributed by atoms with Crippen molar-refractivity contribution in [2.24, 2.45) is 0 Å². The van der Waals surface area contributed by atoms with Crippen LogP contribution in [0.25, 0.3) is 0 Å². The van der Waals surface area contributed by atoms with Crippen LogP contribution in [-0.2, 0) is 0 Å². The molecule has 1 heterocycles. The van der Waals surface area contributed by atoms with E-state index in [0.29, 0.717) is 25.9 Å². The van der Waals surface area contributed by atoms with Gasteiger partial charge in [-0.25, -0.2) is 5.01 Å². The highest BCUT2D eigenvalue weighted by atomic mass is 16.3. The predicted molar refractivity (Wildman–Crippen MR) is 65.2 cm³/mol. The summed E-state index contributed by atoms with van der Waals surface area (Å²) in [6, 6.07) is 0. The van der Waals surface area contributed by atoms with Gasteiger partial charge in [-0.1, -0.05) is 0 Å². The quantitative estimate of drug-likeness (QED) is 0.323. The van der Waals surface area contributed by atoms with Crippen LogP contribution in [0, 0.1) is 0 Å². The van der Waals surface area contributed by atoms with Gasteiger partial charge in [0.1, 0.15) is 5.66 Å². The van der Waals surface area contributed by atoms with E-state index in [0.717, 1.165) is 19.4 Å². The van der Waals surface area contributed by atoms with Crippen molar-refractivity contribution in [1.29, 1.82) is 0 Å². The predicted octanol–water partition coefficient (Wildman–Crippen LogP) is -1.37. The Labute approximate surface area is 103 Å². The third kappa shape index (κ3) is 4.17. The molecule has 1 rings (SSSR count). The van der Waals surface area contributed by atoms with Gasteiger partial charge in [0.2, 0.25) is 0 Å². The minimum atomic E-state index is -0.412. The first-order chi connectivity index (χ1) is 8.29. The van der Waals surface area contributed by atoms with E-state index in [2.05, 4.69) is 10.7 Å². The summed E-state index contributed by atoms with van der Waals surface area (Å²) < 4.78 is 0. The van der Waals surface area contributed by atoms with E-state index in [9.17, 15) is 5.11 Å². The molecule has 0 unspecified atom stereocenters. The van der Waals surface area contributed by atoms with Gasteiger partial charge in [0.25, 0.3) is 0 Å². The average molecular weight is 247 g/mol. The molecule has 0 saturated carbocycles. The Morgan fingerprint density at radius 2 is 1.76 bits per heavy atom. The van der Waals surface area contributed by atoms with Crippen LogP contribution in [0.5, 0.6) is 0 Å². The highest BCUT2D eigenvalue weighted by Gasteiger charge is 2.39. The van der Waals surface area contributed by atoms with Crippen molar-refractivity contribution in [3.8, 4) is 0 Å². The summed E-state index contributed by atoms with van der Waals surface area (Å²) in [4.78, 5) is 0. The lowest BCUT2D eigenvalue weighted by Gasteiger charge is -2.38. The Hall–Kier alpha value is -0.240. The highest BCUT2D eigenvalue weighted by Crippen LogP contribution is 2.24. The number of hydrogen-bond donors (Lipinski definition) is 5. The summed E-state index contributed by atoms with van der Waals surface area (Å²) >= 11 is 0. The van der Waals surface area contributed by atoms with Crippen molar-refractivity contribution in [2.75, 3.05) is 39.5 Å². The maximum absolute atomic E-state index is 9.59. The monoisotopic (exact) mass is 247 g/mol. The molecule has 0 bridgehead atoms. The van der Waals surface area contributed by atoms with Crippen LogP contribution >= 0.6 is 0 Å². The van der Waals surface area contributed by atoms with Crippen molar-refractivity contribution in [2.45, 2.75) is 31.3 Å². The zero-order valence-electron chi connectivity index (χ0n) is 10.4. The Kier molecular flexibility index (Phi) is 6.94. The van der Waals surface area contributed by atoms with Gasteiger partial charge in [0.05, 0.1) is 6.61 Å². The summed E-state index contributed by atoms with van der Waals surface area (Å²) in [5.41, 5.74) is 2.83. The molecule has 0 spiro atoms. The van der Waals surface area contributed by atoms with Crippen molar-refractivity contribution in [3.63, 3.8) is 0 Å². The average Bonchev–Trinajstić information content (AvgIpc) is 2.74. The summed E-state index contributed by atoms with van der Waals surface area (Å²) in [7, 11) is 0. The topological polar surface area (TPSA) is 88.0 Å². The lowest BCUT2D eigenvalue weighted by Crippen LogP contribution is -2.62. The number of rotatable bonds is 9. The van der Waals surface area contributed by atoms with Gasteiger partial charge < -0.3 is 15.3 Å². The van der Waals surface area contributed by atoms with Gasteiger partial charge in [-0.15, -0.1) is 0 Å². The molecular formula is C11H25N3O3. The van der Waals surface area contributed by atoms with Gasteiger partial charge >= 0.3 is 0 Å². The van der Waals surface area contributed by atoms with Crippen molar-refractivity contribution in [3.05, 3.63) is 0 Å². The van der Waals surface area contributed by atoms with Crippen molar-refractivity contribution in [1.82, 2.24) is 15.8 Å². The molecule has 17 heavy (non-hydrogen) atoms. The summed E-state index contributed by atoms with van der Waals surface area (Å²) in [6.07, 6.45) is 3.31. The molecule has 1 saturated heterocycles. The third-order valence-electron chi connectivity index (χ3n) is 3.18. The van der Waals surface area contributed by atoms with Gasteiger partial charge in [0.15, 0.2) is 0 Å². The number of aliphatic hydroxyl groups is 3. The Morgan fingerprint density at radius 1 is 1.06 bits per heavy atom. The fourth-order valence-electron chi connectivity index (χ4n) is 2.21. The molecule has 0 radical (unpaired) electrons. The smallest absolute Gasteiger partial charge is 0.108 e.